The van der Waals surface area contributed by atoms with Gasteiger partial charge in [-0.05, 0) is 30.4 Å². The van der Waals surface area contributed by atoms with Crippen LogP contribution in [0.25, 0.3) is 0 Å². The van der Waals surface area contributed by atoms with Crippen LogP contribution in [0, 0.1) is 5.41 Å². The zero-order valence-electron chi connectivity index (χ0n) is 15.3. The molecule has 4 nitrogen and oxygen atoms in total. The highest BCUT2D eigenvalue weighted by Gasteiger charge is 2.37. The van der Waals surface area contributed by atoms with Gasteiger partial charge < -0.3 is 4.74 Å². The predicted molar refractivity (Wildman–Crippen MR) is 103 cm³/mol. The lowest BCUT2D eigenvalue weighted by Gasteiger charge is -2.30. The summed E-state index contributed by atoms with van der Waals surface area (Å²) >= 11 is 0. The minimum Gasteiger partial charge on any atom is -0.460 e. The van der Waals surface area contributed by atoms with E-state index in [1.54, 1.807) is 12.2 Å². The van der Waals surface area contributed by atoms with Crippen molar-refractivity contribution in [3.8, 4) is 0 Å². The summed E-state index contributed by atoms with van der Waals surface area (Å²) in [6.07, 6.45) is 5.55. The number of hydrogen-bond donors (Lipinski definition) is 0. The molecular formula is C23H24O4. The fourth-order valence-electron chi connectivity index (χ4n) is 2.88. The molecular weight excluding hydrogens is 340 g/mol. The fraction of sp³-hybridized carbons (Fsp3) is 0.217. The summed E-state index contributed by atoms with van der Waals surface area (Å²) in [6, 6.07) is 19.7. The number of hydrogen-bond acceptors (Lipinski definition) is 4. The Balaban J connectivity index is 0.00000114. The van der Waals surface area contributed by atoms with Crippen LogP contribution in [0.5, 0.6) is 0 Å². The Labute approximate surface area is 160 Å². The van der Waals surface area contributed by atoms with Crippen LogP contribution >= 0.6 is 0 Å². The smallest absolute Gasteiger partial charge is 0.373 e. The molecule has 0 N–H and O–H groups in total. The number of ether oxygens (including phenoxy) is 1. The second kappa shape index (κ2) is 12.2. The highest BCUT2D eigenvalue weighted by molar-refractivity contribution is 5.78. The van der Waals surface area contributed by atoms with Gasteiger partial charge in [0, 0.05) is 0 Å². The Bertz CT molecular complexity index is 734. The van der Waals surface area contributed by atoms with Crippen molar-refractivity contribution in [3.63, 3.8) is 0 Å². The monoisotopic (exact) mass is 364 g/mol. The average Bonchev–Trinajstić information content (AvgIpc) is 2.68. The largest absolute Gasteiger partial charge is 0.460 e. The number of allylic oxidation sites excluding steroid dienone is 2. The highest BCUT2D eigenvalue weighted by Crippen LogP contribution is 2.34. The molecule has 4 heteroatoms. The molecule has 0 atom stereocenters. The summed E-state index contributed by atoms with van der Waals surface area (Å²) in [5, 5.41) is 0. The maximum absolute atomic E-state index is 12.9. The first-order chi connectivity index (χ1) is 13.1. The van der Waals surface area contributed by atoms with Gasteiger partial charge >= 0.3 is 12.1 Å². The molecule has 140 valence electrons. The van der Waals surface area contributed by atoms with Crippen LogP contribution in [0.2, 0.25) is 0 Å². The number of carbonyl (C=O) groups is 1. The van der Waals surface area contributed by atoms with Crippen molar-refractivity contribution in [2.24, 2.45) is 5.41 Å². The maximum Gasteiger partial charge on any atom is 0.373 e. The molecule has 0 spiro atoms. The first kappa shape index (κ1) is 21.8. The zero-order chi connectivity index (χ0) is 20.0. The standard InChI is InChI=1S/C22H24O2.CO2/c1-3-15-22(16-4-2,17-19-11-7-5-8-12-19)21(23)24-18-20-13-9-6-10-14-20;2-1-3/h3-14H,1-2,15-18H2;. The van der Waals surface area contributed by atoms with E-state index in [2.05, 4.69) is 13.2 Å². The van der Waals surface area contributed by atoms with Gasteiger partial charge in [-0.3, -0.25) is 4.79 Å². The van der Waals surface area contributed by atoms with Crippen LogP contribution in [0.3, 0.4) is 0 Å². The summed E-state index contributed by atoms with van der Waals surface area (Å²) in [7, 11) is 0. The Morgan fingerprint density at radius 1 is 0.889 bits per heavy atom. The van der Waals surface area contributed by atoms with Crippen molar-refractivity contribution in [1.82, 2.24) is 0 Å². The second-order valence-corrected chi connectivity index (χ2v) is 6.07. The van der Waals surface area contributed by atoms with E-state index < -0.39 is 5.41 Å². The molecule has 0 aromatic heterocycles. The molecule has 2 aromatic carbocycles. The number of carbonyl (C=O) groups excluding carboxylic acids is 3. The molecule has 0 bridgehead atoms. The van der Waals surface area contributed by atoms with Crippen molar-refractivity contribution in [2.75, 3.05) is 0 Å². The van der Waals surface area contributed by atoms with Gasteiger partial charge in [-0.25, -0.2) is 0 Å². The summed E-state index contributed by atoms with van der Waals surface area (Å²) in [5.41, 5.74) is 1.44. The topological polar surface area (TPSA) is 60.4 Å². The lowest BCUT2D eigenvalue weighted by atomic mass is 9.76. The van der Waals surface area contributed by atoms with Gasteiger partial charge in [0.25, 0.3) is 0 Å². The van der Waals surface area contributed by atoms with Crippen LogP contribution in [-0.2, 0) is 32.1 Å². The van der Waals surface area contributed by atoms with E-state index >= 15 is 0 Å². The van der Waals surface area contributed by atoms with Crippen LogP contribution in [-0.4, -0.2) is 12.1 Å². The van der Waals surface area contributed by atoms with E-state index in [0.717, 1.165) is 11.1 Å². The first-order valence-corrected chi connectivity index (χ1v) is 8.58. The number of benzene rings is 2. The molecule has 0 aliphatic heterocycles. The fourth-order valence-corrected chi connectivity index (χ4v) is 2.88. The Kier molecular flexibility index (Phi) is 9.84. The average molecular weight is 364 g/mol. The van der Waals surface area contributed by atoms with Crippen molar-refractivity contribution < 1.29 is 19.1 Å². The van der Waals surface area contributed by atoms with Crippen LogP contribution in [0.15, 0.2) is 86.0 Å². The molecule has 0 aliphatic carbocycles. The minimum absolute atomic E-state index is 0.199. The lowest BCUT2D eigenvalue weighted by molar-refractivity contribution is -0.191. The Hall–Kier alpha value is -3.23. The molecule has 27 heavy (non-hydrogen) atoms. The molecule has 0 saturated carbocycles. The van der Waals surface area contributed by atoms with E-state index in [-0.39, 0.29) is 18.7 Å². The normalized spacial score (nSPS) is 9.93. The van der Waals surface area contributed by atoms with Crippen LogP contribution in [0.4, 0.5) is 0 Å². The SMILES string of the molecule is C=CCC(CC=C)(Cc1ccccc1)C(=O)OCc1ccccc1.O=C=O. The van der Waals surface area contributed by atoms with E-state index in [1.165, 1.54) is 0 Å². The summed E-state index contributed by atoms with van der Waals surface area (Å²) in [4.78, 5) is 29.2. The van der Waals surface area contributed by atoms with E-state index in [9.17, 15) is 4.79 Å². The molecule has 0 amide bonds. The summed E-state index contributed by atoms with van der Waals surface area (Å²) < 4.78 is 5.64. The molecule has 0 heterocycles. The van der Waals surface area contributed by atoms with Gasteiger partial charge in [0.2, 0.25) is 0 Å². The van der Waals surface area contributed by atoms with Gasteiger partial charge in [0.1, 0.15) is 6.61 Å². The van der Waals surface area contributed by atoms with Crippen LogP contribution < -0.4 is 0 Å². The van der Waals surface area contributed by atoms with E-state index in [0.29, 0.717) is 19.3 Å². The number of esters is 1. The van der Waals surface area contributed by atoms with Crippen molar-refractivity contribution in [1.29, 1.82) is 0 Å². The van der Waals surface area contributed by atoms with Crippen molar-refractivity contribution >= 4 is 12.1 Å². The molecule has 2 rings (SSSR count). The molecule has 0 radical (unpaired) electrons. The minimum atomic E-state index is -0.653. The van der Waals surface area contributed by atoms with Crippen molar-refractivity contribution in [2.45, 2.75) is 25.9 Å². The molecule has 0 saturated heterocycles. The van der Waals surface area contributed by atoms with Gasteiger partial charge in [-0.15, -0.1) is 13.2 Å². The molecule has 2 aromatic rings. The molecule has 0 fully saturated rings. The van der Waals surface area contributed by atoms with Gasteiger partial charge in [0.15, 0.2) is 0 Å². The van der Waals surface area contributed by atoms with Gasteiger partial charge in [0.05, 0.1) is 5.41 Å². The molecule has 0 aliphatic rings. The zero-order valence-corrected chi connectivity index (χ0v) is 15.3. The predicted octanol–water partition coefficient (Wildman–Crippen LogP) is 4.53. The molecule has 0 unspecified atom stereocenters. The third kappa shape index (κ3) is 7.27. The highest BCUT2D eigenvalue weighted by atomic mass is 16.5. The summed E-state index contributed by atoms with van der Waals surface area (Å²) in [5.74, 6) is -0.199. The van der Waals surface area contributed by atoms with E-state index in [4.69, 9.17) is 14.3 Å². The second-order valence-electron chi connectivity index (χ2n) is 6.07. The number of rotatable bonds is 9. The first-order valence-electron chi connectivity index (χ1n) is 8.58. The lowest BCUT2D eigenvalue weighted by Crippen LogP contribution is -2.34. The van der Waals surface area contributed by atoms with E-state index in [1.807, 2.05) is 60.7 Å². The van der Waals surface area contributed by atoms with Crippen molar-refractivity contribution in [3.05, 3.63) is 97.1 Å². The summed E-state index contributed by atoms with van der Waals surface area (Å²) in [6.45, 7) is 7.94. The third-order valence-corrected chi connectivity index (χ3v) is 4.10. The quantitative estimate of drug-likeness (QED) is 0.484. The Morgan fingerprint density at radius 2 is 1.33 bits per heavy atom. The maximum atomic E-state index is 12.9. The Morgan fingerprint density at radius 3 is 1.78 bits per heavy atom. The third-order valence-electron chi connectivity index (χ3n) is 4.10. The van der Waals surface area contributed by atoms with Gasteiger partial charge in [-0.1, -0.05) is 72.8 Å². The van der Waals surface area contributed by atoms with Gasteiger partial charge in [-0.2, -0.15) is 9.59 Å². The van der Waals surface area contributed by atoms with Crippen LogP contribution in [0.1, 0.15) is 24.0 Å².